The molecule has 4 heteroatoms. The van der Waals surface area contributed by atoms with E-state index in [1.165, 1.54) is 36.6 Å². The van der Waals surface area contributed by atoms with E-state index in [2.05, 4.69) is 25.4 Å². The molecule has 0 radical (unpaired) electrons. The van der Waals surface area contributed by atoms with Crippen LogP contribution in [0, 0.1) is 5.41 Å². The Kier molecular flexibility index (Phi) is 4.35. The number of nitrogens with one attached hydrogen (secondary N) is 1. The van der Waals surface area contributed by atoms with Gasteiger partial charge in [0.05, 0.1) is 0 Å². The van der Waals surface area contributed by atoms with Crippen molar-refractivity contribution in [3.63, 3.8) is 0 Å². The number of thioether (sulfide) groups is 2. The molecule has 0 unspecified atom stereocenters. The van der Waals surface area contributed by atoms with Crippen molar-refractivity contribution >= 4 is 28.7 Å². The molecule has 1 saturated carbocycles. The summed E-state index contributed by atoms with van der Waals surface area (Å²) < 4.78 is 0.535. The standard InChI is InChI=1S/C13H24N2S2/c1-4-12(5-2)8-14-11(17-10-12)15-9-13(16-3)6-7-13/h4-10H2,1-3H3,(H,14,15). The van der Waals surface area contributed by atoms with Gasteiger partial charge in [-0.05, 0) is 37.4 Å². The molecule has 17 heavy (non-hydrogen) atoms. The zero-order chi connectivity index (χ0) is 12.4. The topological polar surface area (TPSA) is 24.4 Å². The number of aliphatic imine (C=N–C) groups is 1. The SMILES string of the molecule is CCC1(CC)CN=C(NCC2(SC)CC2)SC1. The Hall–Kier alpha value is 0.170. The van der Waals surface area contributed by atoms with E-state index >= 15 is 0 Å². The van der Waals surface area contributed by atoms with Crippen LogP contribution in [0.4, 0.5) is 0 Å². The minimum absolute atomic E-state index is 0.465. The molecule has 2 rings (SSSR count). The molecule has 0 saturated heterocycles. The monoisotopic (exact) mass is 272 g/mol. The van der Waals surface area contributed by atoms with Crippen LogP contribution >= 0.6 is 23.5 Å². The van der Waals surface area contributed by atoms with Gasteiger partial charge >= 0.3 is 0 Å². The second kappa shape index (κ2) is 5.43. The normalized spacial score (nSPS) is 25.2. The van der Waals surface area contributed by atoms with E-state index in [0.717, 1.165) is 13.1 Å². The van der Waals surface area contributed by atoms with Crippen LogP contribution < -0.4 is 5.32 Å². The molecule has 0 bridgehead atoms. The second-order valence-corrected chi connectivity index (χ2v) is 7.60. The minimum Gasteiger partial charge on any atom is -0.364 e. The van der Waals surface area contributed by atoms with Crippen LogP contribution in [-0.2, 0) is 0 Å². The van der Waals surface area contributed by atoms with Crippen molar-refractivity contribution in [1.82, 2.24) is 5.32 Å². The lowest BCUT2D eigenvalue weighted by Crippen LogP contribution is -2.37. The maximum Gasteiger partial charge on any atom is 0.156 e. The molecule has 0 aromatic carbocycles. The van der Waals surface area contributed by atoms with Crippen molar-refractivity contribution in [1.29, 1.82) is 0 Å². The van der Waals surface area contributed by atoms with Gasteiger partial charge in [0.2, 0.25) is 0 Å². The van der Waals surface area contributed by atoms with Gasteiger partial charge in [-0.25, -0.2) is 0 Å². The Morgan fingerprint density at radius 2 is 2.06 bits per heavy atom. The Morgan fingerprint density at radius 3 is 2.47 bits per heavy atom. The summed E-state index contributed by atoms with van der Waals surface area (Å²) in [5, 5.41) is 4.74. The molecule has 2 aliphatic rings. The highest BCUT2D eigenvalue weighted by Gasteiger charge is 2.42. The molecule has 98 valence electrons. The largest absolute Gasteiger partial charge is 0.364 e. The third-order valence-electron chi connectivity index (χ3n) is 4.38. The molecule has 0 aromatic rings. The molecule has 2 nitrogen and oxygen atoms in total. The zero-order valence-electron chi connectivity index (χ0n) is 11.2. The van der Waals surface area contributed by atoms with Crippen LogP contribution in [0.5, 0.6) is 0 Å². The number of hydrogen-bond acceptors (Lipinski definition) is 4. The van der Waals surface area contributed by atoms with E-state index in [4.69, 9.17) is 4.99 Å². The zero-order valence-corrected chi connectivity index (χ0v) is 12.8. The van der Waals surface area contributed by atoms with Gasteiger partial charge in [-0.15, -0.1) is 0 Å². The van der Waals surface area contributed by atoms with E-state index < -0.39 is 0 Å². The van der Waals surface area contributed by atoms with Crippen LogP contribution in [0.1, 0.15) is 39.5 Å². The van der Waals surface area contributed by atoms with Gasteiger partial charge < -0.3 is 5.32 Å². The van der Waals surface area contributed by atoms with Crippen molar-refractivity contribution in [2.75, 3.05) is 25.1 Å². The van der Waals surface area contributed by atoms with Gasteiger partial charge in [-0.3, -0.25) is 4.99 Å². The van der Waals surface area contributed by atoms with Gasteiger partial charge in [-0.1, -0.05) is 25.6 Å². The average molecular weight is 272 g/mol. The molecule has 1 N–H and O–H groups in total. The average Bonchev–Trinajstić information content (AvgIpc) is 3.18. The smallest absolute Gasteiger partial charge is 0.156 e. The fourth-order valence-corrected chi connectivity index (χ4v) is 4.17. The Bertz CT molecular complexity index is 294. The summed E-state index contributed by atoms with van der Waals surface area (Å²) in [6, 6.07) is 0. The van der Waals surface area contributed by atoms with E-state index in [9.17, 15) is 0 Å². The highest BCUT2D eigenvalue weighted by molar-refractivity contribution is 8.13. The van der Waals surface area contributed by atoms with Gasteiger partial charge in [0.1, 0.15) is 0 Å². The van der Waals surface area contributed by atoms with Crippen molar-refractivity contribution in [3.8, 4) is 0 Å². The van der Waals surface area contributed by atoms with Crippen LogP contribution in [0.15, 0.2) is 4.99 Å². The van der Waals surface area contributed by atoms with Crippen LogP contribution in [0.3, 0.4) is 0 Å². The van der Waals surface area contributed by atoms with Crippen molar-refractivity contribution in [2.45, 2.75) is 44.3 Å². The Labute approximate surface area is 114 Å². The van der Waals surface area contributed by atoms with Crippen molar-refractivity contribution in [2.24, 2.45) is 10.4 Å². The number of hydrogen-bond donors (Lipinski definition) is 1. The maximum absolute atomic E-state index is 4.75. The van der Waals surface area contributed by atoms with Crippen LogP contribution in [0.2, 0.25) is 0 Å². The Morgan fingerprint density at radius 1 is 1.35 bits per heavy atom. The van der Waals surface area contributed by atoms with Crippen molar-refractivity contribution < 1.29 is 0 Å². The van der Waals surface area contributed by atoms with E-state index in [-0.39, 0.29) is 0 Å². The van der Waals surface area contributed by atoms with Gasteiger partial charge in [0.15, 0.2) is 5.17 Å². The first kappa shape index (κ1) is 13.6. The third-order valence-corrected chi connectivity index (χ3v) is 7.10. The lowest BCUT2D eigenvalue weighted by molar-refractivity contribution is 0.318. The van der Waals surface area contributed by atoms with Gasteiger partial charge in [0.25, 0.3) is 0 Å². The summed E-state index contributed by atoms with van der Waals surface area (Å²) in [5.74, 6) is 1.23. The lowest BCUT2D eigenvalue weighted by Gasteiger charge is -2.33. The van der Waals surface area contributed by atoms with Gasteiger partial charge in [-0.2, -0.15) is 11.8 Å². The fourth-order valence-electron chi connectivity index (χ4n) is 2.17. The molecule has 1 fully saturated rings. The molecule has 0 atom stereocenters. The molecule has 1 aliphatic heterocycles. The number of rotatable bonds is 5. The van der Waals surface area contributed by atoms with Gasteiger partial charge in [0, 0.05) is 23.6 Å². The quantitative estimate of drug-likeness (QED) is 0.830. The van der Waals surface area contributed by atoms with Crippen LogP contribution in [0.25, 0.3) is 0 Å². The third kappa shape index (κ3) is 3.14. The molecular weight excluding hydrogens is 248 g/mol. The number of amidine groups is 1. The van der Waals surface area contributed by atoms with Crippen molar-refractivity contribution in [3.05, 3.63) is 0 Å². The second-order valence-electron chi connectivity index (χ2n) is 5.36. The molecule has 1 aliphatic carbocycles. The fraction of sp³-hybridized carbons (Fsp3) is 0.923. The highest BCUT2D eigenvalue weighted by Crippen LogP contribution is 2.46. The molecular formula is C13H24N2S2. The van der Waals surface area contributed by atoms with E-state index in [1.54, 1.807) is 0 Å². The first-order chi connectivity index (χ1) is 8.17. The highest BCUT2D eigenvalue weighted by atomic mass is 32.2. The Balaban J connectivity index is 1.82. The molecule has 1 heterocycles. The summed E-state index contributed by atoms with van der Waals surface area (Å²) >= 11 is 3.94. The van der Waals surface area contributed by atoms with E-state index in [0.29, 0.717) is 10.2 Å². The molecule has 0 aromatic heterocycles. The predicted molar refractivity (Wildman–Crippen MR) is 81.3 cm³/mol. The van der Waals surface area contributed by atoms with Crippen LogP contribution in [-0.4, -0.2) is 35.0 Å². The summed E-state index contributed by atoms with van der Waals surface area (Å²) in [4.78, 5) is 4.75. The lowest BCUT2D eigenvalue weighted by atomic mass is 9.84. The minimum atomic E-state index is 0.465. The maximum atomic E-state index is 4.75. The molecule has 0 amide bonds. The number of nitrogens with zero attached hydrogens (tertiary/aromatic N) is 1. The summed E-state index contributed by atoms with van der Waals surface area (Å²) in [6.07, 6.45) is 7.47. The summed E-state index contributed by atoms with van der Waals surface area (Å²) in [6.45, 7) is 6.71. The first-order valence-electron chi connectivity index (χ1n) is 6.64. The van der Waals surface area contributed by atoms with E-state index in [1.807, 2.05) is 23.5 Å². The summed E-state index contributed by atoms with van der Waals surface area (Å²) in [7, 11) is 0. The first-order valence-corrected chi connectivity index (χ1v) is 8.85. The summed E-state index contributed by atoms with van der Waals surface area (Å²) in [5.41, 5.74) is 0.465. The predicted octanol–water partition coefficient (Wildman–Crippen LogP) is 3.38. The molecule has 0 spiro atoms.